The lowest BCUT2D eigenvalue weighted by Gasteiger charge is -1.96. The van der Waals surface area contributed by atoms with E-state index in [1.165, 1.54) is 5.92 Å². The highest BCUT2D eigenvalue weighted by molar-refractivity contribution is 5.01. The molecule has 9 heavy (non-hydrogen) atoms. The van der Waals surface area contributed by atoms with Crippen LogP contribution in [0.3, 0.4) is 0 Å². The smallest absolute Gasteiger partial charge is 0.0923 e. The second-order valence-electron chi connectivity index (χ2n) is 2.44. The molecule has 0 saturated carbocycles. The molecule has 0 spiro atoms. The van der Waals surface area contributed by atoms with E-state index >= 15 is 0 Å². The normalized spacial score (nSPS) is 10.6. The Hall–Kier alpha value is -0.790. The second kappa shape index (κ2) is 2.67. The fourth-order valence-electron chi connectivity index (χ4n) is 0.750. The molecule has 49 valence electrons. The van der Waals surface area contributed by atoms with Gasteiger partial charge in [-0.1, -0.05) is 13.8 Å². The molecule has 0 fully saturated rings. The lowest BCUT2D eigenvalue weighted by Crippen LogP contribution is -1.90. The van der Waals surface area contributed by atoms with Gasteiger partial charge in [0, 0.05) is 6.20 Å². The van der Waals surface area contributed by atoms with Gasteiger partial charge < -0.3 is 4.98 Å². The number of nitrogens with one attached hydrogen (secondary N) is 1. The topological polar surface area (TPSA) is 28.7 Å². The molecule has 1 aromatic heterocycles. The van der Waals surface area contributed by atoms with E-state index in [1.54, 1.807) is 6.33 Å². The van der Waals surface area contributed by atoms with Crippen molar-refractivity contribution in [3.63, 3.8) is 0 Å². The van der Waals surface area contributed by atoms with Crippen molar-refractivity contribution in [1.29, 1.82) is 0 Å². The van der Waals surface area contributed by atoms with E-state index in [-0.39, 0.29) is 0 Å². The van der Waals surface area contributed by atoms with Gasteiger partial charge in [0.05, 0.1) is 12.0 Å². The van der Waals surface area contributed by atoms with E-state index in [9.17, 15) is 0 Å². The standard InChI is InChI=1S/C7H11N2/c1-6(2)3-7-4-8-5-9-7/h4-5H,3H2,1-2H3,(H,8,9). The Morgan fingerprint density at radius 1 is 1.67 bits per heavy atom. The maximum absolute atomic E-state index is 4.08. The van der Waals surface area contributed by atoms with E-state index in [2.05, 4.69) is 23.8 Å². The molecule has 0 saturated heterocycles. The number of aromatic nitrogens is 2. The summed E-state index contributed by atoms with van der Waals surface area (Å²) in [4.78, 5) is 6.99. The predicted octanol–water partition coefficient (Wildman–Crippen LogP) is 1.57. The summed E-state index contributed by atoms with van der Waals surface area (Å²) in [5.74, 6) is 1.39. The SMILES string of the molecule is C[C](C)Cc1c[nH]cn1. The van der Waals surface area contributed by atoms with Crippen molar-refractivity contribution >= 4 is 0 Å². The zero-order valence-corrected chi connectivity index (χ0v) is 5.81. The van der Waals surface area contributed by atoms with E-state index < -0.39 is 0 Å². The summed E-state index contributed by atoms with van der Waals surface area (Å²) in [5.41, 5.74) is 1.12. The molecule has 0 aromatic carbocycles. The van der Waals surface area contributed by atoms with Gasteiger partial charge in [-0.25, -0.2) is 4.98 Å². The number of H-pyrrole nitrogens is 1. The van der Waals surface area contributed by atoms with Crippen LogP contribution in [0.4, 0.5) is 0 Å². The molecule has 2 nitrogen and oxygen atoms in total. The number of hydrogen-bond acceptors (Lipinski definition) is 1. The summed E-state index contributed by atoms with van der Waals surface area (Å²) < 4.78 is 0. The van der Waals surface area contributed by atoms with E-state index in [0.717, 1.165) is 12.1 Å². The molecule has 1 aromatic rings. The summed E-state index contributed by atoms with van der Waals surface area (Å²) in [6.07, 6.45) is 4.62. The summed E-state index contributed by atoms with van der Waals surface area (Å²) in [5, 5.41) is 0. The van der Waals surface area contributed by atoms with Crippen LogP contribution in [0.5, 0.6) is 0 Å². The molecule has 0 unspecified atom stereocenters. The van der Waals surface area contributed by atoms with Gasteiger partial charge in [-0.05, 0) is 12.3 Å². The molecule has 0 amide bonds. The largest absolute Gasteiger partial charge is 0.351 e. The molecule has 0 aliphatic heterocycles. The highest BCUT2D eigenvalue weighted by Crippen LogP contribution is 2.03. The van der Waals surface area contributed by atoms with Crippen LogP contribution >= 0.6 is 0 Å². The number of hydrogen-bond donors (Lipinski definition) is 1. The first-order valence-corrected chi connectivity index (χ1v) is 3.05. The second-order valence-corrected chi connectivity index (χ2v) is 2.44. The van der Waals surface area contributed by atoms with Gasteiger partial charge in [-0.15, -0.1) is 0 Å². The minimum absolute atomic E-state index is 0.990. The van der Waals surface area contributed by atoms with Gasteiger partial charge in [0.1, 0.15) is 0 Å². The minimum atomic E-state index is 0.990. The van der Waals surface area contributed by atoms with Crippen molar-refractivity contribution in [2.75, 3.05) is 0 Å². The van der Waals surface area contributed by atoms with Crippen molar-refractivity contribution in [3.05, 3.63) is 24.1 Å². The fraction of sp³-hybridized carbons (Fsp3) is 0.429. The van der Waals surface area contributed by atoms with Crippen LogP contribution in [0.1, 0.15) is 19.5 Å². The van der Waals surface area contributed by atoms with Gasteiger partial charge >= 0.3 is 0 Å². The molecule has 1 heterocycles. The summed E-state index contributed by atoms with van der Waals surface area (Å²) in [6.45, 7) is 4.21. The third-order valence-electron chi connectivity index (χ3n) is 1.09. The Morgan fingerprint density at radius 2 is 2.44 bits per heavy atom. The van der Waals surface area contributed by atoms with Gasteiger partial charge in [0.25, 0.3) is 0 Å². The van der Waals surface area contributed by atoms with Gasteiger partial charge in [0.2, 0.25) is 0 Å². The zero-order chi connectivity index (χ0) is 6.69. The maximum Gasteiger partial charge on any atom is 0.0923 e. The highest BCUT2D eigenvalue weighted by Gasteiger charge is 1.97. The average Bonchev–Trinajstić information content (AvgIpc) is 2.15. The van der Waals surface area contributed by atoms with Crippen molar-refractivity contribution in [3.8, 4) is 0 Å². The van der Waals surface area contributed by atoms with Crippen LogP contribution in [-0.2, 0) is 6.42 Å². The summed E-state index contributed by atoms with van der Waals surface area (Å²) in [6, 6.07) is 0. The Balaban J connectivity index is 2.48. The van der Waals surface area contributed by atoms with Crippen LogP contribution in [0, 0.1) is 5.92 Å². The molecule has 1 rings (SSSR count). The molecule has 0 aliphatic rings. The molecule has 0 atom stereocenters. The monoisotopic (exact) mass is 123 g/mol. The Bertz CT molecular complexity index is 153. The molecule has 0 aliphatic carbocycles. The third-order valence-corrected chi connectivity index (χ3v) is 1.09. The van der Waals surface area contributed by atoms with E-state index in [1.807, 2.05) is 6.20 Å². The summed E-state index contributed by atoms with van der Waals surface area (Å²) in [7, 11) is 0. The zero-order valence-electron chi connectivity index (χ0n) is 5.81. The highest BCUT2D eigenvalue weighted by atomic mass is 14.9. The quantitative estimate of drug-likeness (QED) is 0.635. The van der Waals surface area contributed by atoms with Crippen molar-refractivity contribution in [2.45, 2.75) is 20.3 Å². The third kappa shape index (κ3) is 1.88. The van der Waals surface area contributed by atoms with Crippen molar-refractivity contribution < 1.29 is 0 Å². The van der Waals surface area contributed by atoms with Crippen molar-refractivity contribution in [1.82, 2.24) is 9.97 Å². The van der Waals surface area contributed by atoms with Gasteiger partial charge in [0.15, 0.2) is 0 Å². The number of nitrogens with zero attached hydrogens (tertiary/aromatic N) is 1. The Kier molecular flexibility index (Phi) is 1.88. The number of rotatable bonds is 2. The summed E-state index contributed by atoms with van der Waals surface area (Å²) >= 11 is 0. The molecule has 1 radical (unpaired) electrons. The number of imidazole rings is 1. The molecule has 2 heteroatoms. The van der Waals surface area contributed by atoms with Crippen molar-refractivity contribution in [2.24, 2.45) is 0 Å². The number of aromatic amines is 1. The van der Waals surface area contributed by atoms with Gasteiger partial charge in [-0.2, -0.15) is 0 Å². The van der Waals surface area contributed by atoms with Crippen LogP contribution < -0.4 is 0 Å². The lowest BCUT2D eigenvalue weighted by molar-refractivity contribution is 0.927. The first kappa shape index (κ1) is 6.33. The van der Waals surface area contributed by atoms with Crippen LogP contribution in [0.25, 0.3) is 0 Å². The van der Waals surface area contributed by atoms with E-state index in [0.29, 0.717) is 0 Å². The maximum atomic E-state index is 4.08. The lowest BCUT2D eigenvalue weighted by atomic mass is 10.1. The first-order chi connectivity index (χ1) is 4.29. The first-order valence-electron chi connectivity index (χ1n) is 3.05. The molecule has 0 bridgehead atoms. The fourth-order valence-corrected chi connectivity index (χ4v) is 0.750. The molecule has 1 N–H and O–H groups in total. The minimum Gasteiger partial charge on any atom is -0.351 e. The van der Waals surface area contributed by atoms with E-state index in [4.69, 9.17) is 0 Å². The molecular formula is C7H11N2. The predicted molar refractivity (Wildman–Crippen MR) is 36.9 cm³/mol. The van der Waals surface area contributed by atoms with Crippen LogP contribution in [0.2, 0.25) is 0 Å². The average molecular weight is 123 g/mol. The van der Waals surface area contributed by atoms with Crippen LogP contribution in [-0.4, -0.2) is 9.97 Å². The van der Waals surface area contributed by atoms with Crippen LogP contribution in [0.15, 0.2) is 12.5 Å². The molecular weight excluding hydrogens is 112 g/mol. The van der Waals surface area contributed by atoms with Gasteiger partial charge in [-0.3, -0.25) is 0 Å². The Morgan fingerprint density at radius 3 is 2.89 bits per heavy atom. The Labute approximate surface area is 55.3 Å².